The van der Waals surface area contributed by atoms with Gasteiger partial charge in [0.25, 0.3) is 17.4 Å². The topological polar surface area (TPSA) is 138 Å². The largest absolute Gasteiger partial charge is 0.506 e. The minimum absolute atomic E-state index is 0.00579. The van der Waals surface area contributed by atoms with Crippen molar-refractivity contribution >= 4 is 17.8 Å². The number of pyridine rings is 1. The Bertz CT molecular complexity index is 837. The van der Waals surface area contributed by atoms with E-state index in [1.165, 1.54) is 10.8 Å². The number of carboxylic acid groups (broad SMARTS) is 1. The van der Waals surface area contributed by atoms with Gasteiger partial charge in [-0.3, -0.25) is 19.2 Å². The molecule has 0 bridgehead atoms. The molecule has 0 radical (unpaired) electrons. The van der Waals surface area contributed by atoms with Gasteiger partial charge >= 0.3 is 5.97 Å². The summed E-state index contributed by atoms with van der Waals surface area (Å²) in [5, 5.41) is 24.2. The van der Waals surface area contributed by atoms with E-state index in [0.29, 0.717) is 12.5 Å². The Balaban J connectivity index is 1.92. The van der Waals surface area contributed by atoms with Gasteiger partial charge in [0, 0.05) is 18.8 Å². The first-order valence-corrected chi connectivity index (χ1v) is 9.64. The van der Waals surface area contributed by atoms with Crippen LogP contribution in [0.15, 0.2) is 11.0 Å². The maximum Gasteiger partial charge on any atom is 0.322 e. The number of aromatic hydroxyl groups is 1. The molecule has 0 saturated heterocycles. The van der Waals surface area contributed by atoms with Crippen LogP contribution in [0.5, 0.6) is 5.75 Å². The fourth-order valence-electron chi connectivity index (χ4n) is 3.49. The summed E-state index contributed by atoms with van der Waals surface area (Å²) in [6.45, 7) is -0.346. The summed E-state index contributed by atoms with van der Waals surface area (Å²) < 4.78 is 1.27. The van der Waals surface area contributed by atoms with Gasteiger partial charge in [-0.15, -0.1) is 0 Å². The molecule has 0 unspecified atom stereocenters. The minimum atomic E-state index is -1.28. The predicted molar refractivity (Wildman–Crippen MR) is 99.4 cm³/mol. The van der Waals surface area contributed by atoms with Crippen LogP contribution in [0.25, 0.3) is 0 Å². The Hall–Kier alpha value is -2.84. The molecule has 0 spiro atoms. The van der Waals surface area contributed by atoms with Crippen LogP contribution < -0.4 is 16.2 Å². The molecule has 0 aromatic carbocycles. The van der Waals surface area contributed by atoms with Crippen LogP contribution >= 0.6 is 0 Å². The predicted octanol–water partition coefficient (Wildman–Crippen LogP) is 0.841. The maximum atomic E-state index is 12.7. The second-order valence-electron chi connectivity index (χ2n) is 7.55. The first-order valence-electron chi connectivity index (χ1n) is 9.64. The normalized spacial score (nSPS) is 17.1. The van der Waals surface area contributed by atoms with E-state index in [2.05, 4.69) is 10.6 Å². The van der Waals surface area contributed by atoms with E-state index in [9.17, 15) is 24.3 Å². The number of rotatable bonds is 7. The van der Waals surface area contributed by atoms with Crippen molar-refractivity contribution in [3.63, 3.8) is 0 Å². The molecule has 152 valence electrons. The van der Waals surface area contributed by atoms with Crippen molar-refractivity contribution in [1.29, 1.82) is 0 Å². The standard InChI is InChI=1S/C19H25N3O6/c23-14(24)8-20-18(27)15-16(25)13(10-22(19(15)28)9-11-6-7-11)17(26)21-12-4-2-1-3-5-12/h10-12,25H,1-9H2,(H,20,27)(H,21,26)(H,23,24). The highest BCUT2D eigenvalue weighted by Crippen LogP contribution is 2.31. The third kappa shape index (κ3) is 4.71. The molecule has 2 saturated carbocycles. The van der Waals surface area contributed by atoms with Crippen molar-refractivity contribution in [1.82, 2.24) is 15.2 Å². The van der Waals surface area contributed by atoms with E-state index < -0.39 is 41.2 Å². The van der Waals surface area contributed by atoms with Gasteiger partial charge in [0.2, 0.25) is 0 Å². The molecule has 9 heteroatoms. The van der Waals surface area contributed by atoms with Crippen molar-refractivity contribution in [2.24, 2.45) is 5.92 Å². The number of hydrogen-bond donors (Lipinski definition) is 4. The summed E-state index contributed by atoms with van der Waals surface area (Å²) in [6, 6.07) is -0.00579. The highest BCUT2D eigenvalue weighted by Gasteiger charge is 2.29. The Morgan fingerprint density at radius 1 is 1.07 bits per heavy atom. The lowest BCUT2D eigenvalue weighted by atomic mass is 9.95. The molecular weight excluding hydrogens is 366 g/mol. The molecule has 2 fully saturated rings. The smallest absolute Gasteiger partial charge is 0.322 e. The third-order valence-corrected chi connectivity index (χ3v) is 5.22. The van der Waals surface area contributed by atoms with Crippen LogP contribution in [0, 0.1) is 5.92 Å². The fourth-order valence-corrected chi connectivity index (χ4v) is 3.49. The van der Waals surface area contributed by atoms with Crippen LogP contribution in [0.4, 0.5) is 0 Å². The maximum absolute atomic E-state index is 12.7. The Kier molecular flexibility index (Phi) is 6.01. The van der Waals surface area contributed by atoms with E-state index >= 15 is 0 Å². The van der Waals surface area contributed by atoms with Gasteiger partial charge in [-0.25, -0.2) is 0 Å². The molecule has 0 aliphatic heterocycles. The molecule has 3 rings (SSSR count). The average Bonchev–Trinajstić information content (AvgIpc) is 3.47. The van der Waals surface area contributed by atoms with E-state index in [0.717, 1.165) is 44.9 Å². The van der Waals surface area contributed by atoms with E-state index in [-0.39, 0.29) is 11.6 Å². The lowest BCUT2D eigenvalue weighted by Crippen LogP contribution is -2.39. The van der Waals surface area contributed by atoms with Crippen molar-refractivity contribution < 1.29 is 24.6 Å². The van der Waals surface area contributed by atoms with Gasteiger partial charge in [-0.1, -0.05) is 19.3 Å². The first-order chi connectivity index (χ1) is 13.4. The third-order valence-electron chi connectivity index (χ3n) is 5.22. The number of carboxylic acids is 1. The van der Waals surface area contributed by atoms with Crippen molar-refractivity contribution in [2.75, 3.05) is 6.54 Å². The van der Waals surface area contributed by atoms with Gasteiger partial charge < -0.3 is 25.4 Å². The summed E-state index contributed by atoms with van der Waals surface area (Å²) in [5.41, 5.74) is -1.48. The monoisotopic (exact) mass is 391 g/mol. The zero-order valence-corrected chi connectivity index (χ0v) is 15.6. The number of amides is 2. The summed E-state index contributed by atoms with van der Waals surface area (Å²) in [4.78, 5) is 48.4. The van der Waals surface area contributed by atoms with E-state index in [1.807, 2.05) is 0 Å². The summed E-state index contributed by atoms with van der Waals surface area (Å²) in [5.74, 6) is -3.25. The molecule has 2 aliphatic carbocycles. The van der Waals surface area contributed by atoms with Gasteiger partial charge in [-0.05, 0) is 31.6 Å². The van der Waals surface area contributed by atoms with Crippen molar-refractivity contribution in [2.45, 2.75) is 57.5 Å². The molecule has 28 heavy (non-hydrogen) atoms. The number of aromatic nitrogens is 1. The number of hydrogen-bond acceptors (Lipinski definition) is 5. The van der Waals surface area contributed by atoms with Crippen LogP contribution in [0.1, 0.15) is 65.7 Å². The summed E-state index contributed by atoms with van der Waals surface area (Å²) >= 11 is 0. The SMILES string of the molecule is O=C(O)CNC(=O)c1c(O)c(C(=O)NC2CCCCC2)cn(CC2CC2)c1=O. The number of carbonyl (C=O) groups excluding carboxylic acids is 2. The number of aliphatic carboxylic acids is 1. The zero-order valence-electron chi connectivity index (χ0n) is 15.6. The van der Waals surface area contributed by atoms with Crippen LogP contribution in [0.2, 0.25) is 0 Å². The van der Waals surface area contributed by atoms with Crippen LogP contribution in [-0.2, 0) is 11.3 Å². The molecule has 2 amide bonds. The molecule has 9 nitrogen and oxygen atoms in total. The Morgan fingerprint density at radius 3 is 2.36 bits per heavy atom. The van der Waals surface area contributed by atoms with Gasteiger partial charge in [0.1, 0.15) is 17.9 Å². The molecule has 1 heterocycles. The Labute approximate surface area is 161 Å². The molecule has 0 atom stereocenters. The van der Waals surface area contributed by atoms with Gasteiger partial charge in [0.15, 0.2) is 0 Å². The highest BCUT2D eigenvalue weighted by molar-refractivity contribution is 6.04. The molecule has 1 aromatic heterocycles. The number of carbonyl (C=O) groups is 3. The second kappa shape index (κ2) is 8.45. The second-order valence-corrected chi connectivity index (χ2v) is 7.55. The zero-order chi connectivity index (χ0) is 20.3. The lowest BCUT2D eigenvalue weighted by molar-refractivity contribution is -0.135. The number of nitrogens with zero attached hydrogens (tertiary/aromatic N) is 1. The van der Waals surface area contributed by atoms with E-state index in [1.54, 1.807) is 0 Å². The first kappa shape index (κ1) is 19.9. The van der Waals surface area contributed by atoms with Crippen molar-refractivity contribution in [3.8, 4) is 5.75 Å². The summed E-state index contributed by atoms with van der Waals surface area (Å²) in [7, 11) is 0. The average molecular weight is 391 g/mol. The van der Waals surface area contributed by atoms with Crippen molar-refractivity contribution in [3.05, 3.63) is 27.7 Å². The lowest BCUT2D eigenvalue weighted by Gasteiger charge is -2.23. The molecular formula is C19H25N3O6. The van der Waals surface area contributed by atoms with Crippen LogP contribution in [-0.4, -0.2) is 45.2 Å². The highest BCUT2D eigenvalue weighted by atomic mass is 16.4. The van der Waals surface area contributed by atoms with Gasteiger partial charge in [-0.2, -0.15) is 0 Å². The van der Waals surface area contributed by atoms with Crippen LogP contribution in [0.3, 0.4) is 0 Å². The van der Waals surface area contributed by atoms with Gasteiger partial charge in [0.05, 0.1) is 5.56 Å². The Morgan fingerprint density at radius 2 is 1.75 bits per heavy atom. The molecule has 2 aliphatic rings. The minimum Gasteiger partial charge on any atom is -0.506 e. The quantitative estimate of drug-likeness (QED) is 0.543. The number of nitrogens with one attached hydrogen (secondary N) is 2. The fraction of sp³-hybridized carbons (Fsp3) is 0.579. The molecule has 4 N–H and O–H groups in total. The summed E-state index contributed by atoms with van der Waals surface area (Å²) in [6.07, 6.45) is 8.05. The van der Waals surface area contributed by atoms with E-state index in [4.69, 9.17) is 5.11 Å². The molecule has 1 aromatic rings.